The Morgan fingerprint density at radius 3 is 2.55 bits per heavy atom. The number of anilines is 1. The predicted octanol–water partition coefficient (Wildman–Crippen LogP) is 1.42. The number of carbonyl (C=O) groups is 2. The van der Waals surface area contributed by atoms with Gasteiger partial charge in [0.15, 0.2) is 11.3 Å². The summed E-state index contributed by atoms with van der Waals surface area (Å²) in [5.74, 6) is -0.292. The molecule has 3 rings (SSSR count). The van der Waals surface area contributed by atoms with Crippen molar-refractivity contribution in [2.45, 2.75) is 58.3 Å². The Kier molecular flexibility index (Phi) is 11.6. The van der Waals surface area contributed by atoms with Gasteiger partial charge in [0.1, 0.15) is 23.6 Å². The van der Waals surface area contributed by atoms with Crippen LogP contribution in [0, 0.1) is 5.41 Å². The van der Waals surface area contributed by atoms with Gasteiger partial charge < -0.3 is 25.4 Å². The summed E-state index contributed by atoms with van der Waals surface area (Å²) >= 11 is 0.922. The largest absolute Gasteiger partial charge is 0.405 e. The number of nitrogens with zero attached hydrogens (tertiary/aromatic N) is 2. The van der Waals surface area contributed by atoms with Gasteiger partial charge in [-0.05, 0) is 32.4 Å². The molecule has 1 aliphatic heterocycles. The average Bonchev–Trinajstić information content (AvgIpc) is 3.17. The molecule has 1 amide bonds. The first-order valence-corrected chi connectivity index (χ1v) is 15.6. The zero-order valence-corrected chi connectivity index (χ0v) is 25.5. The fraction of sp³-hybridized carbons (Fsp3) is 0.538. The normalized spacial score (nSPS) is 23.8. The van der Waals surface area contributed by atoms with E-state index in [-0.39, 0.29) is 36.4 Å². The van der Waals surface area contributed by atoms with Gasteiger partial charge in [-0.3, -0.25) is 23.2 Å². The van der Waals surface area contributed by atoms with Gasteiger partial charge in [0, 0.05) is 25.4 Å². The molecule has 2 heterocycles. The van der Waals surface area contributed by atoms with Crippen LogP contribution in [0.5, 0.6) is 0 Å². The highest BCUT2D eigenvalue weighted by atomic mass is 32.2. The number of amides is 1. The van der Waals surface area contributed by atoms with Crippen LogP contribution in [0.15, 0.2) is 47.4 Å². The molecular weight excluding hydrogens is 591 g/mol. The van der Waals surface area contributed by atoms with E-state index in [0.29, 0.717) is 0 Å². The van der Waals surface area contributed by atoms with Gasteiger partial charge >= 0.3 is 13.4 Å². The standard InChI is InChI=1S/C26H37N4O10PS/c1-17(32)28-20-10-11-30(24(35)29-20)22-26(4,36)21(33)19(40-22)15-39-41(37,27-14-18-8-6-5-7-9-18)38-12-13-42-23(34)25(2,3)16-31/h5-11,19,21-22,31,33,36H,12-16H2,1-4H3,(H,27,37)(H,28,29,32,35)/t19-,21+,22-,26?,41?/m1/s1. The van der Waals surface area contributed by atoms with Gasteiger partial charge in [0.05, 0.1) is 25.2 Å². The summed E-state index contributed by atoms with van der Waals surface area (Å²) in [6, 6.07) is 10.4. The number of ether oxygens (including phenoxy) is 1. The van der Waals surface area contributed by atoms with Crippen molar-refractivity contribution in [2.75, 3.05) is 30.9 Å². The molecule has 0 saturated carbocycles. The first-order valence-electron chi connectivity index (χ1n) is 13.1. The molecule has 1 saturated heterocycles. The van der Waals surface area contributed by atoms with E-state index in [2.05, 4.69) is 15.4 Å². The lowest BCUT2D eigenvalue weighted by Gasteiger charge is -2.27. The molecule has 0 bridgehead atoms. The summed E-state index contributed by atoms with van der Waals surface area (Å²) in [5.41, 5.74) is -2.99. The Bertz CT molecular complexity index is 1340. The first kappa shape index (κ1) is 34.0. The number of nitrogens with one attached hydrogen (secondary N) is 2. The number of aromatic nitrogens is 2. The van der Waals surface area contributed by atoms with Crippen molar-refractivity contribution in [3.8, 4) is 0 Å². The number of rotatable bonds is 14. The Balaban J connectivity index is 1.70. The van der Waals surface area contributed by atoms with Crippen LogP contribution in [0.4, 0.5) is 5.82 Å². The molecule has 2 unspecified atom stereocenters. The summed E-state index contributed by atoms with van der Waals surface area (Å²) in [6.45, 7) is 4.88. The lowest BCUT2D eigenvalue weighted by molar-refractivity contribution is -0.120. The molecule has 0 spiro atoms. The molecule has 5 atom stereocenters. The minimum atomic E-state index is -4.05. The lowest BCUT2D eigenvalue weighted by atomic mass is 9.96. The van der Waals surface area contributed by atoms with Crippen LogP contribution in [0.2, 0.25) is 0 Å². The number of carbonyl (C=O) groups excluding carboxylic acids is 2. The van der Waals surface area contributed by atoms with Crippen molar-refractivity contribution in [1.82, 2.24) is 14.6 Å². The SMILES string of the molecule is CC(=O)Nc1ccn([C@@H]2O[C@H](COP(=O)(NCc3ccccc3)OCCSC(=O)C(C)(C)CO)[C@H](O)C2(C)O)c(=O)n1. The molecule has 0 radical (unpaired) electrons. The number of aliphatic hydroxyl groups excluding tert-OH is 2. The maximum atomic E-state index is 13.7. The fourth-order valence-corrected chi connectivity index (χ4v) is 6.09. The number of thioether (sulfide) groups is 1. The second-order valence-electron chi connectivity index (χ2n) is 10.5. The van der Waals surface area contributed by atoms with E-state index >= 15 is 0 Å². The second kappa shape index (κ2) is 14.3. The van der Waals surface area contributed by atoms with Crippen molar-refractivity contribution >= 4 is 36.3 Å². The van der Waals surface area contributed by atoms with E-state index in [9.17, 15) is 34.3 Å². The molecular formula is C26H37N4O10PS. The summed E-state index contributed by atoms with van der Waals surface area (Å²) in [7, 11) is -4.05. The maximum absolute atomic E-state index is 13.7. The van der Waals surface area contributed by atoms with Crippen molar-refractivity contribution in [1.29, 1.82) is 0 Å². The summed E-state index contributed by atoms with van der Waals surface area (Å²) in [6.07, 6.45) is -2.94. The molecule has 1 aromatic heterocycles. The van der Waals surface area contributed by atoms with Gasteiger partial charge in [0.2, 0.25) is 5.91 Å². The summed E-state index contributed by atoms with van der Waals surface area (Å²) in [5, 5.41) is 36.1. The molecule has 1 aliphatic rings. The van der Waals surface area contributed by atoms with Crippen LogP contribution in [-0.2, 0) is 34.5 Å². The van der Waals surface area contributed by atoms with E-state index in [0.717, 1.165) is 21.9 Å². The number of aliphatic hydroxyl groups is 3. The highest BCUT2D eigenvalue weighted by Crippen LogP contribution is 2.46. The van der Waals surface area contributed by atoms with E-state index in [1.165, 1.54) is 26.1 Å². The van der Waals surface area contributed by atoms with E-state index in [4.69, 9.17) is 13.8 Å². The third kappa shape index (κ3) is 8.78. The smallest absolute Gasteiger partial charge is 0.395 e. The zero-order chi connectivity index (χ0) is 31.1. The maximum Gasteiger partial charge on any atom is 0.405 e. The Morgan fingerprint density at radius 2 is 1.93 bits per heavy atom. The Morgan fingerprint density at radius 1 is 1.24 bits per heavy atom. The number of benzene rings is 1. The third-order valence-electron chi connectivity index (χ3n) is 6.40. The zero-order valence-electron chi connectivity index (χ0n) is 23.8. The van der Waals surface area contributed by atoms with Crippen LogP contribution in [0.3, 0.4) is 0 Å². The van der Waals surface area contributed by atoms with Crippen LogP contribution < -0.4 is 16.1 Å². The quantitative estimate of drug-likeness (QED) is 0.149. The molecule has 0 aliphatic carbocycles. The van der Waals surface area contributed by atoms with Gasteiger partial charge in [0.25, 0.3) is 0 Å². The summed E-state index contributed by atoms with van der Waals surface area (Å²) in [4.78, 5) is 39.9. The molecule has 1 aromatic carbocycles. The molecule has 2 aromatic rings. The van der Waals surface area contributed by atoms with Gasteiger partial charge in [-0.15, -0.1) is 0 Å². The van der Waals surface area contributed by atoms with E-state index in [1.807, 2.05) is 6.07 Å². The van der Waals surface area contributed by atoms with Crippen LogP contribution in [0.1, 0.15) is 39.5 Å². The van der Waals surface area contributed by atoms with E-state index < -0.39 is 55.4 Å². The topological polar surface area (TPSA) is 199 Å². The highest BCUT2D eigenvalue weighted by molar-refractivity contribution is 8.13. The third-order valence-corrected chi connectivity index (χ3v) is 9.14. The summed E-state index contributed by atoms with van der Waals surface area (Å²) < 4.78 is 31.6. The van der Waals surface area contributed by atoms with Gasteiger partial charge in [-0.1, -0.05) is 42.1 Å². The average molecular weight is 629 g/mol. The Hall–Kier alpha value is -2.46. The fourth-order valence-electron chi connectivity index (χ4n) is 3.85. The lowest BCUT2D eigenvalue weighted by Crippen LogP contribution is -2.46. The number of hydrogen-bond donors (Lipinski definition) is 5. The highest BCUT2D eigenvalue weighted by Gasteiger charge is 2.54. The minimum Gasteiger partial charge on any atom is -0.395 e. The van der Waals surface area contributed by atoms with Crippen LogP contribution in [-0.4, -0.2) is 79.3 Å². The molecule has 1 fully saturated rings. The monoisotopic (exact) mass is 628 g/mol. The van der Waals surface area contributed by atoms with Crippen LogP contribution in [0.25, 0.3) is 0 Å². The van der Waals surface area contributed by atoms with Crippen molar-refractivity contribution in [3.63, 3.8) is 0 Å². The predicted molar refractivity (Wildman–Crippen MR) is 154 cm³/mol. The second-order valence-corrected chi connectivity index (χ2v) is 13.4. The molecule has 14 nitrogen and oxygen atoms in total. The van der Waals surface area contributed by atoms with Gasteiger partial charge in [-0.25, -0.2) is 14.4 Å². The molecule has 16 heteroatoms. The number of hydrogen-bond acceptors (Lipinski definition) is 12. The molecule has 42 heavy (non-hydrogen) atoms. The van der Waals surface area contributed by atoms with Gasteiger partial charge in [-0.2, -0.15) is 4.98 Å². The molecule has 232 valence electrons. The van der Waals surface area contributed by atoms with Crippen molar-refractivity contribution in [2.24, 2.45) is 5.41 Å². The first-order chi connectivity index (χ1) is 19.7. The Labute approximate surface area is 247 Å². The molecule has 5 N–H and O–H groups in total. The van der Waals surface area contributed by atoms with Crippen LogP contribution >= 0.6 is 19.5 Å². The minimum absolute atomic E-state index is 0.00388. The van der Waals surface area contributed by atoms with E-state index in [1.54, 1.807) is 38.1 Å². The van der Waals surface area contributed by atoms with Crippen molar-refractivity contribution in [3.05, 3.63) is 58.6 Å². The van der Waals surface area contributed by atoms with Crippen molar-refractivity contribution < 1.29 is 43.3 Å².